The lowest BCUT2D eigenvalue weighted by molar-refractivity contribution is -0.140. The van der Waals surface area contributed by atoms with Crippen LogP contribution in [0.3, 0.4) is 0 Å². The van der Waals surface area contributed by atoms with Gasteiger partial charge in [0.1, 0.15) is 6.04 Å². The van der Waals surface area contributed by atoms with Gasteiger partial charge in [-0.05, 0) is 30.9 Å². The average molecular weight is 207 g/mol. The number of carbonyl (C=O) groups is 1. The number of rotatable bonds is 5. The Kier molecular flexibility index (Phi) is 2.91. The van der Waals surface area contributed by atoms with Crippen molar-refractivity contribution >= 4 is 5.97 Å². The van der Waals surface area contributed by atoms with E-state index in [1.807, 2.05) is 6.07 Å². The molecule has 1 aliphatic rings. The van der Waals surface area contributed by atoms with Crippen LogP contribution in [0.15, 0.2) is 18.3 Å². The van der Waals surface area contributed by atoms with Gasteiger partial charge in [-0.25, -0.2) is 0 Å². The summed E-state index contributed by atoms with van der Waals surface area (Å²) in [6.07, 6.45) is 3.61. The molecule has 2 rings (SSSR count). The molecule has 0 saturated heterocycles. The maximum atomic E-state index is 10.9. The van der Waals surface area contributed by atoms with E-state index in [9.17, 15) is 4.79 Å². The number of aromatic nitrogens is 2. The van der Waals surface area contributed by atoms with Crippen molar-refractivity contribution in [3.05, 3.63) is 24.0 Å². The van der Waals surface area contributed by atoms with E-state index in [0.29, 0.717) is 12.5 Å². The summed E-state index contributed by atoms with van der Waals surface area (Å²) >= 11 is 0. The molecule has 0 aliphatic heterocycles. The van der Waals surface area contributed by atoms with Gasteiger partial charge in [-0.3, -0.25) is 10.1 Å². The molecule has 1 aliphatic carbocycles. The predicted octanol–water partition coefficient (Wildman–Crippen LogP) is 0.429. The minimum Gasteiger partial charge on any atom is -0.480 e. The van der Waals surface area contributed by atoms with Gasteiger partial charge in [0, 0.05) is 12.7 Å². The number of carboxylic acids is 1. The summed E-state index contributed by atoms with van der Waals surface area (Å²) in [5.41, 5.74) is 0.768. The van der Waals surface area contributed by atoms with Crippen molar-refractivity contribution in [3.63, 3.8) is 0 Å². The minimum atomic E-state index is -0.776. The lowest BCUT2D eigenvalue weighted by Crippen LogP contribution is -2.38. The summed E-state index contributed by atoms with van der Waals surface area (Å²) in [5.74, 6) is -0.486. The molecule has 5 nitrogen and oxygen atoms in total. The molecule has 0 bridgehead atoms. The third-order valence-corrected chi connectivity index (χ3v) is 2.49. The normalized spacial score (nSPS) is 17.3. The highest BCUT2D eigenvalue weighted by molar-refractivity contribution is 5.74. The molecule has 1 aromatic rings. The van der Waals surface area contributed by atoms with Crippen LogP contribution in [0.4, 0.5) is 0 Å². The molecule has 80 valence electrons. The Bertz CT molecular complexity index is 338. The van der Waals surface area contributed by atoms with Gasteiger partial charge in [-0.1, -0.05) is 0 Å². The fraction of sp³-hybridized carbons (Fsp3) is 0.500. The van der Waals surface area contributed by atoms with Crippen molar-refractivity contribution in [2.75, 3.05) is 0 Å². The van der Waals surface area contributed by atoms with Gasteiger partial charge in [0.2, 0.25) is 0 Å². The Morgan fingerprint density at radius 2 is 2.47 bits per heavy atom. The van der Waals surface area contributed by atoms with Crippen LogP contribution in [-0.2, 0) is 11.3 Å². The summed E-state index contributed by atoms with van der Waals surface area (Å²) in [6.45, 7) is 0.460. The number of hydrogen-bond donors (Lipinski definition) is 2. The van der Waals surface area contributed by atoms with Crippen LogP contribution in [0, 0.1) is 5.92 Å². The summed E-state index contributed by atoms with van der Waals surface area (Å²) in [5, 5.41) is 19.6. The number of hydrogen-bond acceptors (Lipinski definition) is 4. The molecule has 1 fully saturated rings. The highest BCUT2D eigenvalue weighted by Gasteiger charge is 2.35. The second kappa shape index (κ2) is 4.35. The van der Waals surface area contributed by atoms with Crippen LogP contribution in [0.5, 0.6) is 0 Å². The smallest absolute Gasteiger partial charge is 0.320 e. The molecule has 0 aromatic carbocycles. The number of nitrogens with one attached hydrogen (secondary N) is 1. The minimum absolute atomic E-state index is 0.291. The SMILES string of the molecule is O=C(O)C(NCc1cccnn1)C1CC1. The van der Waals surface area contributed by atoms with Gasteiger partial charge in [-0.2, -0.15) is 10.2 Å². The second-order valence-electron chi connectivity index (χ2n) is 3.75. The molecule has 5 heteroatoms. The van der Waals surface area contributed by atoms with Crippen LogP contribution >= 0.6 is 0 Å². The van der Waals surface area contributed by atoms with Crippen LogP contribution in [0.2, 0.25) is 0 Å². The van der Waals surface area contributed by atoms with Gasteiger partial charge in [0.15, 0.2) is 0 Å². The highest BCUT2D eigenvalue weighted by Crippen LogP contribution is 2.32. The van der Waals surface area contributed by atoms with Crippen LogP contribution in [-0.4, -0.2) is 27.3 Å². The van der Waals surface area contributed by atoms with Crippen molar-refractivity contribution in [3.8, 4) is 0 Å². The van der Waals surface area contributed by atoms with Crippen LogP contribution in [0.25, 0.3) is 0 Å². The fourth-order valence-electron chi connectivity index (χ4n) is 1.53. The molecule has 1 atom stereocenters. The maximum absolute atomic E-state index is 10.9. The largest absolute Gasteiger partial charge is 0.480 e. The van der Waals surface area contributed by atoms with E-state index in [2.05, 4.69) is 15.5 Å². The number of carboxylic acid groups (broad SMARTS) is 1. The predicted molar refractivity (Wildman–Crippen MR) is 53.0 cm³/mol. The summed E-state index contributed by atoms with van der Waals surface area (Å²) in [6, 6.07) is 3.18. The number of aliphatic carboxylic acids is 1. The zero-order valence-corrected chi connectivity index (χ0v) is 8.26. The molecular formula is C10H13N3O2. The zero-order valence-electron chi connectivity index (χ0n) is 8.26. The topological polar surface area (TPSA) is 75.1 Å². The van der Waals surface area contributed by atoms with Crippen LogP contribution < -0.4 is 5.32 Å². The Morgan fingerprint density at radius 1 is 1.67 bits per heavy atom. The lowest BCUT2D eigenvalue weighted by Gasteiger charge is -2.12. The third kappa shape index (κ3) is 2.73. The summed E-state index contributed by atoms with van der Waals surface area (Å²) in [4.78, 5) is 10.9. The Labute approximate surface area is 87.5 Å². The van der Waals surface area contributed by atoms with E-state index in [-0.39, 0.29) is 0 Å². The quantitative estimate of drug-likeness (QED) is 0.732. The summed E-state index contributed by atoms with van der Waals surface area (Å²) in [7, 11) is 0. The average Bonchev–Trinajstić information content (AvgIpc) is 3.03. The van der Waals surface area contributed by atoms with Gasteiger partial charge in [0.05, 0.1) is 5.69 Å². The molecule has 1 saturated carbocycles. The van der Waals surface area contributed by atoms with Crippen molar-refractivity contribution in [1.82, 2.24) is 15.5 Å². The maximum Gasteiger partial charge on any atom is 0.320 e. The first-order valence-corrected chi connectivity index (χ1v) is 5.00. The monoisotopic (exact) mass is 207 g/mol. The van der Waals surface area contributed by atoms with Crippen LogP contribution in [0.1, 0.15) is 18.5 Å². The Hall–Kier alpha value is -1.49. The van der Waals surface area contributed by atoms with E-state index >= 15 is 0 Å². The highest BCUT2D eigenvalue weighted by atomic mass is 16.4. The molecule has 2 N–H and O–H groups in total. The summed E-state index contributed by atoms with van der Waals surface area (Å²) < 4.78 is 0. The first-order valence-electron chi connectivity index (χ1n) is 5.00. The standard InChI is InChI=1S/C10H13N3O2/c14-10(15)9(7-3-4-7)11-6-8-2-1-5-12-13-8/h1-2,5,7,9,11H,3-4,6H2,(H,14,15). The van der Waals surface area contributed by atoms with Gasteiger partial charge < -0.3 is 5.11 Å². The molecule has 1 heterocycles. The van der Waals surface area contributed by atoms with Crippen molar-refractivity contribution in [1.29, 1.82) is 0 Å². The molecule has 1 unspecified atom stereocenters. The second-order valence-corrected chi connectivity index (χ2v) is 3.75. The van der Waals surface area contributed by atoms with E-state index in [1.165, 1.54) is 0 Å². The first kappa shape index (κ1) is 10.0. The Morgan fingerprint density at radius 3 is 3.00 bits per heavy atom. The zero-order chi connectivity index (χ0) is 10.7. The molecule has 0 radical (unpaired) electrons. The number of nitrogens with zero attached hydrogens (tertiary/aromatic N) is 2. The van der Waals surface area contributed by atoms with Gasteiger partial charge in [-0.15, -0.1) is 0 Å². The van der Waals surface area contributed by atoms with Crippen molar-refractivity contribution in [2.45, 2.75) is 25.4 Å². The third-order valence-electron chi connectivity index (χ3n) is 2.49. The lowest BCUT2D eigenvalue weighted by atomic mass is 10.2. The Balaban J connectivity index is 1.88. The van der Waals surface area contributed by atoms with Gasteiger partial charge in [0.25, 0.3) is 0 Å². The van der Waals surface area contributed by atoms with Gasteiger partial charge >= 0.3 is 5.97 Å². The van der Waals surface area contributed by atoms with E-state index in [0.717, 1.165) is 18.5 Å². The first-order chi connectivity index (χ1) is 7.27. The van der Waals surface area contributed by atoms with E-state index in [4.69, 9.17) is 5.11 Å². The van der Waals surface area contributed by atoms with Crippen molar-refractivity contribution in [2.24, 2.45) is 5.92 Å². The van der Waals surface area contributed by atoms with E-state index in [1.54, 1.807) is 12.3 Å². The molecule has 0 spiro atoms. The molecular weight excluding hydrogens is 194 g/mol. The van der Waals surface area contributed by atoms with Crippen molar-refractivity contribution < 1.29 is 9.90 Å². The molecule has 15 heavy (non-hydrogen) atoms. The van der Waals surface area contributed by atoms with E-state index < -0.39 is 12.0 Å². The molecule has 1 aromatic heterocycles. The fourth-order valence-corrected chi connectivity index (χ4v) is 1.53. The molecule has 0 amide bonds.